The maximum absolute atomic E-state index is 14.6. The lowest BCUT2D eigenvalue weighted by atomic mass is 9.82. The minimum Gasteiger partial charge on any atom is -0.386 e. The molecule has 1 aliphatic heterocycles. The van der Waals surface area contributed by atoms with Gasteiger partial charge in [0.2, 0.25) is 0 Å². The number of nitrogens with two attached hydrogens (primary N) is 2. The number of amides is 1. The number of rotatable bonds is 3. The molecule has 0 saturated heterocycles. The van der Waals surface area contributed by atoms with Crippen LogP contribution in [0.15, 0.2) is 35.5 Å². The largest absolute Gasteiger partial charge is 0.386 e. The summed E-state index contributed by atoms with van der Waals surface area (Å²) in [4.78, 5) is 19.8. The van der Waals surface area contributed by atoms with Crippen molar-refractivity contribution >= 4 is 27.3 Å². The minimum atomic E-state index is -3.83. The Balaban J connectivity index is 1.69. The average molecular weight is 453 g/mol. The van der Waals surface area contributed by atoms with Gasteiger partial charge < -0.3 is 16.8 Å². The molecule has 1 fully saturated rings. The summed E-state index contributed by atoms with van der Waals surface area (Å²) in [6, 6.07) is 3.71. The van der Waals surface area contributed by atoms with Gasteiger partial charge in [-0.3, -0.25) is 4.79 Å². The average Bonchev–Trinajstić information content (AvgIpc) is 2.60. The van der Waals surface area contributed by atoms with Gasteiger partial charge in [0.1, 0.15) is 22.2 Å². The van der Waals surface area contributed by atoms with Gasteiger partial charge in [-0.1, -0.05) is 0 Å². The van der Waals surface area contributed by atoms with Crippen molar-refractivity contribution in [2.24, 2.45) is 16.5 Å². The summed E-state index contributed by atoms with van der Waals surface area (Å²) >= 11 is 0. The molecule has 164 valence electrons. The predicted octanol–water partition coefficient (Wildman–Crippen LogP) is 1.57. The monoisotopic (exact) mass is 453 g/mol. The van der Waals surface area contributed by atoms with Crippen molar-refractivity contribution in [1.29, 1.82) is 0 Å². The summed E-state index contributed by atoms with van der Waals surface area (Å²) in [5, 5.41) is 2.30. The quantitative estimate of drug-likeness (QED) is 0.644. The summed E-state index contributed by atoms with van der Waals surface area (Å²) in [6.07, 6.45) is 2.01. The summed E-state index contributed by atoms with van der Waals surface area (Å²) in [7, 11) is -3.83. The van der Waals surface area contributed by atoms with Crippen molar-refractivity contribution < 1.29 is 26.4 Å². The first kappa shape index (κ1) is 21.2. The Bertz CT molecular complexity index is 1230. The Hall–Kier alpha value is -2.99. The number of pyridine rings is 1. The SMILES string of the molecule is NC1=N[C@](N)(c2cc(NC(=O)c3ncc(F)cc3F)ccc2F)CS(=O)(=O)C12CCC2. The van der Waals surface area contributed by atoms with Crippen LogP contribution in [0.1, 0.15) is 35.3 Å². The molecule has 1 atom stereocenters. The highest BCUT2D eigenvalue weighted by Crippen LogP contribution is 2.45. The molecular weight excluding hydrogens is 435 g/mol. The fourth-order valence-electron chi connectivity index (χ4n) is 3.85. The number of hydrogen-bond donors (Lipinski definition) is 3. The van der Waals surface area contributed by atoms with Gasteiger partial charge in [0.15, 0.2) is 27.0 Å². The third-order valence-electron chi connectivity index (χ3n) is 5.67. The van der Waals surface area contributed by atoms with E-state index in [9.17, 15) is 26.4 Å². The second-order valence-electron chi connectivity index (χ2n) is 7.66. The number of carbonyl (C=O) groups excluding carboxylic acids is 1. The number of anilines is 1. The number of benzene rings is 1. The van der Waals surface area contributed by atoms with Crippen LogP contribution in [0.5, 0.6) is 0 Å². The lowest BCUT2D eigenvalue weighted by molar-refractivity contribution is 0.101. The molecule has 2 aromatic rings. The van der Waals surface area contributed by atoms with Crippen molar-refractivity contribution in [2.45, 2.75) is 29.7 Å². The van der Waals surface area contributed by atoms with Crippen molar-refractivity contribution in [2.75, 3.05) is 11.1 Å². The van der Waals surface area contributed by atoms with Gasteiger partial charge in [0.05, 0.1) is 11.9 Å². The fourth-order valence-corrected chi connectivity index (χ4v) is 6.20. The number of aliphatic imine (C=N–C) groups is 1. The zero-order chi connectivity index (χ0) is 22.6. The Kier molecular flexibility index (Phi) is 4.81. The highest BCUT2D eigenvalue weighted by atomic mass is 32.2. The van der Waals surface area contributed by atoms with Crippen LogP contribution in [0.2, 0.25) is 0 Å². The molecule has 1 aromatic carbocycles. The lowest BCUT2D eigenvalue weighted by Gasteiger charge is -2.46. The summed E-state index contributed by atoms with van der Waals surface area (Å²) in [6.45, 7) is 0. The van der Waals surface area contributed by atoms with E-state index in [2.05, 4.69) is 15.3 Å². The third kappa shape index (κ3) is 3.35. The summed E-state index contributed by atoms with van der Waals surface area (Å²) in [5.74, 6) is -4.85. The number of nitrogens with one attached hydrogen (secondary N) is 1. The second kappa shape index (κ2) is 7.02. The van der Waals surface area contributed by atoms with Gasteiger partial charge in [0.25, 0.3) is 5.91 Å². The number of halogens is 3. The van der Waals surface area contributed by atoms with Crippen molar-refractivity contribution in [3.8, 4) is 0 Å². The second-order valence-corrected chi connectivity index (χ2v) is 9.96. The van der Waals surface area contributed by atoms with Crippen LogP contribution in [0.4, 0.5) is 18.9 Å². The molecule has 2 aliphatic rings. The summed E-state index contributed by atoms with van der Waals surface area (Å²) in [5.41, 5.74) is 9.13. The molecule has 1 aromatic heterocycles. The van der Waals surface area contributed by atoms with Crippen LogP contribution in [-0.4, -0.2) is 35.6 Å². The van der Waals surface area contributed by atoms with Crippen LogP contribution < -0.4 is 16.8 Å². The highest BCUT2D eigenvalue weighted by molar-refractivity contribution is 7.93. The number of carbonyl (C=O) groups is 1. The van der Waals surface area contributed by atoms with Crippen molar-refractivity contribution in [3.63, 3.8) is 0 Å². The van der Waals surface area contributed by atoms with Crippen LogP contribution in [-0.2, 0) is 15.5 Å². The Morgan fingerprint density at radius 1 is 1.13 bits per heavy atom. The van der Waals surface area contributed by atoms with E-state index in [0.717, 1.165) is 12.1 Å². The molecule has 1 saturated carbocycles. The molecule has 1 aliphatic carbocycles. The van der Waals surface area contributed by atoms with E-state index in [1.54, 1.807) is 0 Å². The normalized spacial score (nSPS) is 23.7. The van der Waals surface area contributed by atoms with Gasteiger partial charge in [-0.05, 0) is 37.5 Å². The van der Waals surface area contributed by atoms with E-state index in [0.29, 0.717) is 31.5 Å². The molecule has 4 rings (SSSR count). The first-order chi connectivity index (χ1) is 14.5. The maximum Gasteiger partial charge on any atom is 0.277 e. The van der Waals surface area contributed by atoms with Gasteiger partial charge in [-0.15, -0.1) is 0 Å². The van der Waals surface area contributed by atoms with Crippen molar-refractivity contribution in [1.82, 2.24) is 4.98 Å². The van der Waals surface area contributed by atoms with Gasteiger partial charge in [-0.25, -0.2) is 31.6 Å². The first-order valence-corrected chi connectivity index (χ1v) is 10.9. The smallest absolute Gasteiger partial charge is 0.277 e. The van der Waals surface area contributed by atoms with E-state index in [1.165, 1.54) is 6.07 Å². The predicted molar refractivity (Wildman–Crippen MR) is 106 cm³/mol. The van der Waals surface area contributed by atoms with Crippen molar-refractivity contribution in [3.05, 3.63) is 59.2 Å². The third-order valence-corrected chi connectivity index (χ3v) is 8.30. The molecule has 12 heteroatoms. The molecule has 0 radical (unpaired) electrons. The van der Waals surface area contributed by atoms with E-state index in [4.69, 9.17) is 11.5 Å². The summed E-state index contributed by atoms with van der Waals surface area (Å²) < 4.78 is 66.0. The van der Waals surface area contributed by atoms with Gasteiger partial charge in [0, 0.05) is 17.3 Å². The highest BCUT2D eigenvalue weighted by Gasteiger charge is 2.58. The van der Waals surface area contributed by atoms with E-state index in [1.807, 2.05) is 0 Å². The molecule has 1 amide bonds. The molecule has 1 spiro atoms. The van der Waals surface area contributed by atoms with Crippen LogP contribution in [0, 0.1) is 17.5 Å². The lowest BCUT2D eigenvalue weighted by Crippen LogP contribution is -2.64. The number of aromatic nitrogens is 1. The van der Waals surface area contributed by atoms with Gasteiger partial charge in [-0.2, -0.15) is 0 Å². The minimum absolute atomic E-state index is 0.0214. The molecule has 0 unspecified atom stereocenters. The zero-order valence-corrected chi connectivity index (χ0v) is 16.8. The Morgan fingerprint density at radius 3 is 2.42 bits per heavy atom. The number of sulfone groups is 1. The first-order valence-electron chi connectivity index (χ1n) is 9.27. The fraction of sp³-hybridized carbons (Fsp3) is 0.316. The molecule has 0 bridgehead atoms. The van der Waals surface area contributed by atoms with E-state index in [-0.39, 0.29) is 17.1 Å². The van der Waals surface area contributed by atoms with Gasteiger partial charge >= 0.3 is 0 Å². The molecular formula is C19H18F3N5O3S. The number of hydrogen-bond acceptors (Lipinski definition) is 7. The number of amidine groups is 1. The van der Waals surface area contributed by atoms with E-state index >= 15 is 0 Å². The van der Waals surface area contributed by atoms with Crippen LogP contribution in [0.25, 0.3) is 0 Å². The Labute approximate surface area is 175 Å². The molecule has 5 N–H and O–H groups in total. The Morgan fingerprint density at radius 2 is 1.84 bits per heavy atom. The van der Waals surface area contributed by atoms with E-state index < -0.39 is 55.1 Å². The molecule has 2 heterocycles. The molecule has 8 nitrogen and oxygen atoms in total. The maximum atomic E-state index is 14.6. The zero-order valence-electron chi connectivity index (χ0n) is 16.0. The number of nitrogens with zero attached hydrogens (tertiary/aromatic N) is 2. The van der Waals surface area contributed by atoms with Crippen LogP contribution >= 0.6 is 0 Å². The topological polar surface area (TPSA) is 141 Å². The standard InChI is InChI=1S/C19H18F3N5O3S/c20-10-6-14(22)15(25-8-10)16(28)26-11-2-3-13(21)12(7-11)19(24)9-31(29,30)18(4-1-5-18)17(23)27-19/h2-3,6-8H,1,4-5,9,24H2,(H2,23,27)(H,26,28)/t19-/m0/s1. The molecule has 31 heavy (non-hydrogen) atoms. The van der Waals surface area contributed by atoms with Crippen LogP contribution in [0.3, 0.4) is 0 Å².